The lowest BCUT2D eigenvalue weighted by Gasteiger charge is -2.23. The zero-order chi connectivity index (χ0) is 25.2. The topological polar surface area (TPSA) is 78.4 Å². The molecule has 2 rings (SSSR count). The fourth-order valence-electron chi connectivity index (χ4n) is 2.55. The summed E-state index contributed by atoms with van der Waals surface area (Å²) >= 11 is 0. The van der Waals surface area contributed by atoms with Gasteiger partial charge in [-0.25, -0.2) is 4.79 Å². The molecule has 0 fully saturated rings. The maximum absolute atomic E-state index is 12.6. The second-order valence-electron chi connectivity index (χ2n) is 7.27. The van der Waals surface area contributed by atoms with Gasteiger partial charge in [-0.1, -0.05) is 44.2 Å². The number of nitrogens with one attached hydrogen (secondary N) is 2. The lowest BCUT2D eigenvalue weighted by atomic mass is 10.0. The minimum atomic E-state index is -5.08. The minimum absolute atomic E-state index is 0.0194. The summed E-state index contributed by atoms with van der Waals surface area (Å²) in [6, 6.07) is 14.0. The molecule has 5 nitrogen and oxygen atoms in total. The second kappa shape index (κ2) is 12.1. The Hall–Kier alpha value is -3.24. The summed E-state index contributed by atoms with van der Waals surface area (Å²) in [7, 11) is 0. The van der Waals surface area contributed by atoms with Crippen LogP contribution in [0.2, 0.25) is 0 Å². The molecule has 0 saturated carbocycles. The number of hydrogen-bond acceptors (Lipinski definition) is 3. The highest BCUT2D eigenvalue weighted by Crippen LogP contribution is 2.30. The van der Waals surface area contributed by atoms with E-state index in [-0.39, 0.29) is 11.8 Å². The van der Waals surface area contributed by atoms with Crippen molar-refractivity contribution in [2.24, 2.45) is 5.92 Å². The number of rotatable bonds is 7. The summed E-state index contributed by atoms with van der Waals surface area (Å²) < 4.78 is 69.6. The molecule has 2 aromatic carbocycles. The highest BCUT2D eigenvalue weighted by Gasteiger charge is 2.38. The van der Waals surface area contributed by atoms with Crippen molar-refractivity contribution in [3.05, 3.63) is 65.7 Å². The number of alkyl halides is 6. The van der Waals surface area contributed by atoms with Gasteiger partial charge in [-0.05, 0) is 42.2 Å². The fourth-order valence-corrected chi connectivity index (χ4v) is 2.55. The number of anilines is 1. The lowest BCUT2D eigenvalue weighted by Crippen LogP contribution is -2.43. The van der Waals surface area contributed by atoms with Gasteiger partial charge in [0.25, 0.3) is 0 Å². The maximum atomic E-state index is 12.6. The number of hydrogen-bond donors (Lipinski definition) is 3. The van der Waals surface area contributed by atoms with Gasteiger partial charge >= 0.3 is 18.3 Å². The highest BCUT2D eigenvalue weighted by molar-refractivity contribution is 5.84. The van der Waals surface area contributed by atoms with Crippen LogP contribution in [0.4, 0.5) is 32.0 Å². The first kappa shape index (κ1) is 27.8. The Morgan fingerprint density at radius 1 is 0.909 bits per heavy atom. The molecule has 0 spiro atoms. The summed E-state index contributed by atoms with van der Waals surface area (Å²) in [6.45, 7) is 4.28. The summed E-state index contributed by atoms with van der Waals surface area (Å²) in [4.78, 5) is 21.3. The molecule has 3 N–H and O–H groups in total. The molecule has 2 aromatic rings. The quantitative estimate of drug-likeness (QED) is 0.482. The van der Waals surface area contributed by atoms with Crippen LogP contribution in [0.5, 0.6) is 0 Å². The van der Waals surface area contributed by atoms with Crippen molar-refractivity contribution in [2.75, 3.05) is 11.9 Å². The summed E-state index contributed by atoms with van der Waals surface area (Å²) in [5, 5.41) is 13.0. The lowest BCUT2D eigenvalue weighted by molar-refractivity contribution is -0.192. The largest absolute Gasteiger partial charge is 0.490 e. The first-order valence-corrected chi connectivity index (χ1v) is 9.77. The van der Waals surface area contributed by atoms with Gasteiger partial charge in [-0.2, -0.15) is 26.3 Å². The molecule has 0 aliphatic carbocycles. The smallest absolute Gasteiger partial charge is 0.475 e. The van der Waals surface area contributed by atoms with E-state index in [0.717, 1.165) is 24.1 Å². The van der Waals surface area contributed by atoms with Crippen LogP contribution < -0.4 is 10.6 Å². The van der Waals surface area contributed by atoms with E-state index in [4.69, 9.17) is 9.90 Å². The number of carbonyl (C=O) groups excluding carboxylic acids is 1. The third-order valence-corrected chi connectivity index (χ3v) is 4.28. The van der Waals surface area contributed by atoms with Gasteiger partial charge in [0.2, 0.25) is 5.91 Å². The third kappa shape index (κ3) is 10.3. The van der Waals surface area contributed by atoms with Crippen LogP contribution >= 0.6 is 0 Å². The van der Waals surface area contributed by atoms with Crippen molar-refractivity contribution in [3.8, 4) is 0 Å². The first-order chi connectivity index (χ1) is 15.2. The monoisotopic (exact) mass is 478 g/mol. The van der Waals surface area contributed by atoms with E-state index in [1.54, 1.807) is 0 Å². The molecule has 0 radical (unpaired) electrons. The maximum Gasteiger partial charge on any atom is 0.490 e. The Morgan fingerprint density at radius 3 is 1.85 bits per heavy atom. The second-order valence-corrected chi connectivity index (χ2v) is 7.27. The van der Waals surface area contributed by atoms with E-state index in [9.17, 15) is 31.1 Å². The van der Waals surface area contributed by atoms with Gasteiger partial charge < -0.3 is 15.7 Å². The Kier molecular flexibility index (Phi) is 10.2. The molecule has 11 heteroatoms. The van der Waals surface area contributed by atoms with Crippen LogP contribution in [-0.4, -0.2) is 35.7 Å². The Bertz CT molecular complexity index is 882. The van der Waals surface area contributed by atoms with Crippen molar-refractivity contribution in [1.82, 2.24) is 5.32 Å². The van der Waals surface area contributed by atoms with Crippen molar-refractivity contribution in [2.45, 2.75) is 38.7 Å². The normalized spacial score (nSPS) is 12.4. The minimum Gasteiger partial charge on any atom is -0.475 e. The van der Waals surface area contributed by atoms with E-state index >= 15 is 0 Å². The Morgan fingerprint density at radius 2 is 1.42 bits per heavy atom. The molecule has 0 bridgehead atoms. The van der Waals surface area contributed by atoms with E-state index in [1.165, 1.54) is 12.1 Å². The van der Waals surface area contributed by atoms with Gasteiger partial charge in [-0.15, -0.1) is 0 Å². The summed E-state index contributed by atoms with van der Waals surface area (Å²) in [5.41, 5.74) is 0.899. The van der Waals surface area contributed by atoms with Gasteiger partial charge in [-0.3, -0.25) is 4.79 Å². The Labute approximate surface area is 186 Å². The van der Waals surface area contributed by atoms with Crippen molar-refractivity contribution < 1.29 is 41.0 Å². The van der Waals surface area contributed by atoms with Crippen LogP contribution in [0.15, 0.2) is 54.6 Å². The van der Waals surface area contributed by atoms with Crippen molar-refractivity contribution in [3.63, 3.8) is 0 Å². The van der Waals surface area contributed by atoms with E-state index in [2.05, 4.69) is 10.6 Å². The van der Waals surface area contributed by atoms with Crippen LogP contribution in [0.3, 0.4) is 0 Å². The molecule has 1 atom stereocenters. The van der Waals surface area contributed by atoms with Crippen LogP contribution in [0, 0.1) is 5.92 Å². The molecule has 0 unspecified atom stereocenters. The SMILES string of the molecule is CC(C)[C@@H](Nc1ccc(C(F)(F)F)cc1)C(=O)NCCc1ccccc1.O=C(O)C(F)(F)F. The molecule has 0 aliphatic rings. The summed E-state index contributed by atoms with van der Waals surface area (Å²) in [5.74, 6) is -2.95. The molecule has 0 saturated heterocycles. The summed E-state index contributed by atoms with van der Waals surface area (Å²) in [6.07, 6.45) is -8.73. The average molecular weight is 478 g/mol. The molecule has 0 aromatic heterocycles. The number of benzene rings is 2. The van der Waals surface area contributed by atoms with Gasteiger partial charge in [0, 0.05) is 12.2 Å². The molecule has 1 amide bonds. The van der Waals surface area contributed by atoms with Crippen LogP contribution in [0.25, 0.3) is 0 Å². The van der Waals surface area contributed by atoms with Crippen molar-refractivity contribution in [1.29, 1.82) is 0 Å². The van der Waals surface area contributed by atoms with E-state index in [0.29, 0.717) is 12.2 Å². The predicted molar refractivity (Wildman–Crippen MR) is 111 cm³/mol. The number of carboxylic acids is 1. The Balaban J connectivity index is 0.000000675. The average Bonchev–Trinajstić information content (AvgIpc) is 2.72. The van der Waals surface area contributed by atoms with E-state index < -0.39 is 29.9 Å². The zero-order valence-corrected chi connectivity index (χ0v) is 17.8. The number of halogens is 6. The highest BCUT2D eigenvalue weighted by atomic mass is 19.4. The molecule has 182 valence electrons. The molecular weight excluding hydrogens is 454 g/mol. The number of aliphatic carboxylic acids is 1. The van der Waals surface area contributed by atoms with Gasteiger partial charge in [0.1, 0.15) is 6.04 Å². The first-order valence-electron chi connectivity index (χ1n) is 9.77. The van der Waals surface area contributed by atoms with Gasteiger partial charge in [0.05, 0.1) is 5.56 Å². The van der Waals surface area contributed by atoms with Crippen LogP contribution in [0.1, 0.15) is 25.0 Å². The molecular formula is C22H24F6N2O3. The predicted octanol–water partition coefficient (Wildman–Crippen LogP) is 5.13. The third-order valence-electron chi connectivity index (χ3n) is 4.28. The van der Waals surface area contributed by atoms with Crippen LogP contribution in [-0.2, 0) is 22.2 Å². The van der Waals surface area contributed by atoms with E-state index in [1.807, 2.05) is 44.2 Å². The molecule has 0 aliphatic heterocycles. The number of amides is 1. The number of carbonyl (C=O) groups is 2. The zero-order valence-electron chi connectivity index (χ0n) is 17.8. The molecule has 0 heterocycles. The number of carboxylic acid groups (broad SMARTS) is 1. The van der Waals surface area contributed by atoms with Gasteiger partial charge in [0.15, 0.2) is 0 Å². The van der Waals surface area contributed by atoms with Crippen molar-refractivity contribution >= 4 is 17.6 Å². The fraction of sp³-hybridized carbons (Fsp3) is 0.364. The standard InChI is InChI=1S/C20H23F3N2O.C2HF3O2/c1-14(2)18(19(26)24-13-12-15-6-4-3-5-7-15)25-17-10-8-16(9-11-17)20(21,22)23;3-2(4,5)1(6)7/h3-11,14,18,25H,12-13H2,1-2H3,(H,24,26);(H,6,7)/t18-;/m1./s1. The molecule has 33 heavy (non-hydrogen) atoms.